The Morgan fingerprint density at radius 2 is 2.27 bits per heavy atom. The van der Waals surface area contributed by atoms with Gasteiger partial charge in [0.25, 0.3) is 5.69 Å². The molecule has 4 nitrogen and oxygen atoms in total. The molecule has 0 unspecified atom stereocenters. The van der Waals surface area contributed by atoms with Gasteiger partial charge in [-0.15, -0.1) is 11.8 Å². The third-order valence-electron chi connectivity index (χ3n) is 1.93. The summed E-state index contributed by atoms with van der Waals surface area (Å²) in [7, 11) is 0. The summed E-state index contributed by atoms with van der Waals surface area (Å²) < 4.78 is 0. The van der Waals surface area contributed by atoms with Gasteiger partial charge < -0.3 is 0 Å². The van der Waals surface area contributed by atoms with E-state index >= 15 is 0 Å². The summed E-state index contributed by atoms with van der Waals surface area (Å²) in [6, 6.07) is 3.20. The number of nitrogens with zero attached hydrogens (tertiary/aromatic N) is 2. The first-order valence-electron chi connectivity index (χ1n) is 4.97. The lowest BCUT2D eigenvalue weighted by molar-refractivity contribution is -0.385. The molecule has 0 aliphatic carbocycles. The number of rotatable bonds is 6. The molecule has 0 N–H and O–H groups in total. The first-order valence-corrected chi connectivity index (χ1v) is 5.96. The van der Waals surface area contributed by atoms with Crippen molar-refractivity contribution in [3.05, 3.63) is 28.4 Å². The molecule has 0 aromatic carbocycles. The Kier molecular flexibility index (Phi) is 5.10. The van der Waals surface area contributed by atoms with Gasteiger partial charge in [-0.1, -0.05) is 19.8 Å². The van der Waals surface area contributed by atoms with E-state index in [0.717, 1.165) is 10.8 Å². The lowest BCUT2D eigenvalue weighted by atomic mass is 10.3. The molecule has 1 aromatic rings. The van der Waals surface area contributed by atoms with Crippen molar-refractivity contribution in [1.29, 1.82) is 0 Å². The maximum Gasteiger partial charge on any atom is 0.287 e. The Morgan fingerprint density at radius 1 is 1.47 bits per heavy atom. The van der Waals surface area contributed by atoms with Crippen molar-refractivity contribution >= 4 is 17.4 Å². The molecule has 0 atom stereocenters. The van der Waals surface area contributed by atoms with Crippen LogP contribution in [0, 0.1) is 10.1 Å². The predicted octanol–water partition coefficient (Wildman–Crippen LogP) is 3.27. The van der Waals surface area contributed by atoms with Gasteiger partial charge in [-0.25, -0.2) is 4.98 Å². The summed E-state index contributed by atoms with van der Waals surface area (Å²) in [5.41, 5.74) is 0.0490. The number of hydrogen-bond acceptors (Lipinski definition) is 4. The van der Waals surface area contributed by atoms with Gasteiger partial charge in [-0.05, 0) is 18.2 Å². The van der Waals surface area contributed by atoms with Crippen molar-refractivity contribution in [2.75, 3.05) is 5.75 Å². The van der Waals surface area contributed by atoms with Crippen molar-refractivity contribution in [3.8, 4) is 0 Å². The predicted molar refractivity (Wildman–Crippen MR) is 61.1 cm³/mol. The Hall–Kier alpha value is -1.10. The summed E-state index contributed by atoms with van der Waals surface area (Å²) in [6.45, 7) is 2.16. The zero-order chi connectivity index (χ0) is 11.1. The van der Waals surface area contributed by atoms with E-state index in [-0.39, 0.29) is 5.69 Å². The van der Waals surface area contributed by atoms with Crippen molar-refractivity contribution in [3.63, 3.8) is 0 Å². The molecule has 0 spiro atoms. The summed E-state index contributed by atoms with van der Waals surface area (Å²) in [6.07, 6.45) is 4.90. The van der Waals surface area contributed by atoms with Crippen molar-refractivity contribution in [1.82, 2.24) is 4.98 Å². The van der Waals surface area contributed by atoms with Crippen LogP contribution >= 0.6 is 11.8 Å². The van der Waals surface area contributed by atoms with E-state index in [2.05, 4.69) is 11.9 Å². The standard InChI is InChI=1S/C10H14N2O2S/c1-2-3-4-7-15-10-6-5-9(8-11-10)12(13)14/h5-6,8H,2-4,7H2,1H3. The SMILES string of the molecule is CCCCCSc1ccc([N+](=O)[O-])cn1. The fraction of sp³-hybridized carbons (Fsp3) is 0.500. The largest absolute Gasteiger partial charge is 0.287 e. The molecule has 0 amide bonds. The van der Waals surface area contributed by atoms with Crippen LogP contribution in [0.1, 0.15) is 26.2 Å². The highest BCUT2D eigenvalue weighted by Gasteiger charge is 2.04. The average Bonchev–Trinajstić information content (AvgIpc) is 2.25. The van der Waals surface area contributed by atoms with Crippen molar-refractivity contribution in [2.24, 2.45) is 0 Å². The number of aromatic nitrogens is 1. The number of hydrogen-bond donors (Lipinski definition) is 0. The van der Waals surface area contributed by atoms with E-state index in [0.29, 0.717) is 0 Å². The highest BCUT2D eigenvalue weighted by atomic mass is 32.2. The summed E-state index contributed by atoms with van der Waals surface area (Å²) in [5, 5.41) is 11.2. The lowest BCUT2D eigenvalue weighted by Crippen LogP contribution is -1.89. The van der Waals surface area contributed by atoms with Gasteiger partial charge in [0.05, 0.1) is 9.95 Å². The molecule has 1 heterocycles. The Morgan fingerprint density at radius 3 is 2.80 bits per heavy atom. The average molecular weight is 226 g/mol. The minimum Gasteiger partial charge on any atom is -0.258 e. The molecule has 5 heteroatoms. The van der Waals surface area contributed by atoms with Crippen LogP contribution in [0.15, 0.2) is 23.4 Å². The number of unbranched alkanes of at least 4 members (excludes halogenated alkanes) is 2. The van der Waals surface area contributed by atoms with Crippen LogP contribution in [0.2, 0.25) is 0 Å². The second-order valence-electron chi connectivity index (χ2n) is 3.17. The Balaban J connectivity index is 2.39. The van der Waals surface area contributed by atoms with Crippen LogP contribution in [0.25, 0.3) is 0 Å². The molecule has 0 saturated carbocycles. The molecule has 15 heavy (non-hydrogen) atoms. The molecule has 0 saturated heterocycles. The smallest absolute Gasteiger partial charge is 0.258 e. The quantitative estimate of drug-likeness (QED) is 0.323. The maximum absolute atomic E-state index is 10.4. The van der Waals surface area contributed by atoms with Crippen molar-refractivity contribution < 1.29 is 4.92 Å². The third kappa shape index (κ3) is 4.29. The van der Waals surface area contributed by atoms with Gasteiger partial charge in [0.2, 0.25) is 0 Å². The molecular formula is C10H14N2O2S. The van der Waals surface area contributed by atoms with Crippen LogP contribution in [0.5, 0.6) is 0 Å². The first kappa shape index (κ1) is 12.0. The van der Waals surface area contributed by atoms with Gasteiger partial charge in [-0.2, -0.15) is 0 Å². The van der Waals surface area contributed by atoms with Crippen LogP contribution in [0.4, 0.5) is 5.69 Å². The molecule has 0 aliphatic heterocycles. The van der Waals surface area contributed by atoms with E-state index < -0.39 is 4.92 Å². The molecule has 0 fully saturated rings. The number of thioether (sulfide) groups is 1. The summed E-state index contributed by atoms with van der Waals surface area (Å²) in [5.74, 6) is 1.03. The van der Waals surface area contributed by atoms with E-state index in [1.807, 2.05) is 0 Å². The Labute approximate surface area is 93.3 Å². The molecule has 1 aromatic heterocycles. The van der Waals surface area contributed by atoms with Crippen LogP contribution in [0.3, 0.4) is 0 Å². The monoisotopic (exact) mass is 226 g/mol. The van der Waals surface area contributed by atoms with E-state index in [4.69, 9.17) is 0 Å². The number of pyridine rings is 1. The fourth-order valence-corrected chi connectivity index (χ4v) is 1.94. The summed E-state index contributed by atoms with van der Waals surface area (Å²) in [4.78, 5) is 14.0. The van der Waals surface area contributed by atoms with Crippen LogP contribution in [-0.2, 0) is 0 Å². The second kappa shape index (κ2) is 6.40. The number of nitro groups is 1. The molecular weight excluding hydrogens is 212 g/mol. The van der Waals surface area contributed by atoms with E-state index in [1.165, 1.54) is 31.5 Å². The molecule has 82 valence electrons. The minimum absolute atomic E-state index is 0.0490. The minimum atomic E-state index is -0.432. The van der Waals surface area contributed by atoms with Gasteiger partial charge in [0.1, 0.15) is 6.20 Å². The fourth-order valence-electron chi connectivity index (χ4n) is 1.09. The van der Waals surface area contributed by atoms with Gasteiger partial charge in [0.15, 0.2) is 0 Å². The highest BCUT2D eigenvalue weighted by Crippen LogP contribution is 2.19. The normalized spacial score (nSPS) is 10.2. The topological polar surface area (TPSA) is 56.0 Å². The summed E-state index contributed by atoms with van der Waals surface area (Å²) >= 11 is 1.65. The Bertz CT molecular complexity index is 314. The van der Waals surface area contributed by atoms with E-state index in [9.17, 15) is 10.1 Å². The zero-order valence-corrected chi connectivity index (χ0v) is 9.50. The first-order chi connectivity index (χ1) is 7.24. The molecule has 1 rings (SSSR count). The maximum atomic E-state index is 10.4. The van der Waals surface area contributed by atoms with E-state index in [1.54, 1.807) is 17.8 Å². The zero-order valence-electron chi connectivity index (χ0n) is 8.68. The highest BCUT2D eigenvalue weighted by molar-refractivity contribution is 7.99. The third-order valence-corrected chi connectivity index (χ3v) is 2.96. The lowest BCUT2D eigenvalue weighted by Gasteiger charge is -1.99. The molecule has 0 bridgehead atoms. The van der Waals surface area contributed by atoms with Crippen LogP contribution in [-0.4, -0.2) is 15.7 Å². The molecule has 0 radical (unpaired) electrons. The van der Waals surface area contributed by atoms with Gasteiger partial charge >= 0.3 is 0 Å². The van der Waals surface area contributed by atoms with Crippen molar-refractivity contribution in [2.45, 2.75) is 31.2 Å². The molecule has 0 aliphatic rings. The van der Waals surface area contributed by atoms with Crippen LogP contribution < -0.4 is 0 Å². The second-order valence-corrected chi connectivity index (χ2v) is 4.28. The van der Waals surface area contributed by atoms with Gasteiger partial charge in [0, 0.05) is 6.07 Å². The van der Waals surface area contributed by atoms with Gasteiger partial charge in [-0.3, -0.25) is 10.1 Å².